The smallest absolute Gasteiger partial charge is 0.317 e. The topological polar surface area (TPSA) is 69.7 Å². The van der Waals surface area contributed by atoms with Crippen molar-refractivity contribution < 1.29 is 22.0 Å². The van der Waals surface area contributed by atoms with E-state index in [1.807, 2.05) is 12.1 Å². The maximum absolute atomic E-state index is 13.9. The Morgan fingerprint density at radius 2 is 1.76 bits per heavy atom. The zero-order valence-corrected chi connectivity index (χ0v) is 17.2. The van der Waals surface area contributed by atoms with Gasteiger partial charge in [0, 0.05) is 31.2 Å². The Labute approximate surface area is 173 Å². The summed E-state index contributed by atoms with van der Waals surface area (Å²) in [5.41, 5.74) is 0.769. The van der Waals surface area contributed by atoms with Crippen LogP contribution in [0.5, 0.6) is 0 Å². The molecule has 0 aromatic heterocycles. The Morgan fingerprint density at radius 3 is 2.41 bits per heavy atom. The van der Waals surface area contributed by atoms with Gasteiger partial charge < -0.3 is 10.2 Å². The maximum Gasteiger partial charge on any atom is 0.317 e. The summed E-state index contributed by atoms with van der Waals surface area (Å²) in [7, 11) is -4.19. The fourth-order valence-corrected chi connectivity index (χ4v) is 4.92. The summed E-state index contributed by atoms with van der Waals surface area (Å²) in [5.74, 6) is -1.85. The minimum Gasteiger partial charge on any atom is -0.331 e. The Morgan fingerprint density at radius 1 is 1.10 bits per heavy atom. The maximum atomic E-state index is 13.9. The molecular formula is C19H20ClF2N3O3S. The largest absolute Gasteiger partial charge is 0.331 e. The SMILES string of the molecule is CC(NC(=O)N1CCN(S(=O)(=O)c2cc(F)ccc2F)CC1)c1ccccc1Cl. The van der Waals surface area contributed by atoms with Crippen molar-refractivity contribution >= 4 is 27.7 Å². The first-order valence-corrected chi connectivity index (χ1v) is 10.8. The fourth-order valence-electron chi connectivity index (χ4n) is 3.13. The van der Waals surface area contributed by atoms with E-state index in [1.54, 1.807) is 19.1 Å². The van der Waals surface area contributed by atoms with E-state index in [1.165, 1.54) is 4.90 Å². The van der Waals surface area contributed by atoms with Crippen LogP contribution in [0.4, 0.5) is 13.6 Å². The van der Waals surface area contributed by atoms with Crippen molar-refractivity contribution in [3.05, 3.63) is 64.7 Å². The van der Waals surface area contributed by atoms with Crippen LogP contribution in [0, 0.1) is 11.6 Å². The highest BCUT2D eigenvalue weighted by Crippen LogP contribution is 2.24. The van der Waals surface area contributed by atoms with Gasteiger partial charge in [-0.25, -0.2) is 22.0 Å². The van der Waals surface area contributed by atoms with E-state index in [9.17, 15) is 22.0 Å². The van der Waals surface area contributed by atoms with Crippen molar-refractivity contribution in [2.45, 2.75) is 17.9 Å². The first-order valence-electron chi connectivity index (χ1n) is 8.95. The summed E-state index contributed by atoms with van der Waals surface area (Å²) in [6.45, 7) is 2.00. The van der Waals surface area contributed by atoms with Crippen molar-refractivity contribution in [2.24, 2.45) is 0 Å². The van der Waals surface area contributed by atoms with E-state index in [0.717, 1.165) is 22.0 Å². The molecule has 1 heterocycles. The second-order valence-corrected chi connectivity index (χ2v) is 8.97. The van der Waals surface area contributed by atoms with E-state index >= 15 is 0 Å². The normalized spacial score (nSPS) is 16.5. The quantitative estimate of drug-likeness (QED) is 0.787. The van der Waals surface area contributed by atoms with Crippen molar-refractivity contribution in [3.8, 4) is 0 Å². The molecule has 1 fully saturated rings. The van der Waals surface area contributed by atoms with Crippen LogP contribution in [0.25, 0.3) is 0 Å². The molecule has 0 aliphatic carbocycles. The molecule has 2 aromatic rings. The third-order valence-electron chi connectivity index (χ3n) is 4.75. The van der Waals surface area contributed by atoms with Crippen LogP contribution in [-0.2, 0) is 10.0 Å². The summed E-state index contributed by atoms with van der Waals surface area (Å²) in [5, 5.41) is 3.37. The summed E-state index contributed by atoms with van der Waals surface area (Å²) >= 11 is 6.14. The van der Waals surface area contributed by atoms with Gasteiger partial charge in [0.1, 0.15) is 16.5 Å². The van der Waals surface area contributed by atoms with Gasteiger partial charge in [0.25, 0.3) is 0 Å². The lowest BCUT2D eigenvalue weighted by atomic mass is 10.1. The number of sulfonamides is 1. The monoisotopic (exact) mass is 443 g/mol. The molecule has 0 spiro atoms. The van der Waals surface area contributed by atoms with Gasteiger partial charge in [0.05, 0.1) is 6.04 Å². The zero-order chi connectivity index (χ0) is 21.2. The van der Waals surface area contributed by atoms with Crippen molar-refractivity contribution in [1.29, 1.82) is 0 Å². The molecule has 1 aliphatic heterocycles. The van der Waals surface area contributed by atoms with Crippen molar-refractivity contribution in [2.75, 3.05) is 26.2 Å². The van der Waals surface area contributed by atoms with Crippen LogP contribution < -0.4 is 5.32 Å². The lowest BCUT2D eigenvalue weighted by Crippen LogP contribution is -2.53. The summed E-state index contributed by atoms with van der Waals surface area (Å²) in [6, 6.07) is 8.76. The number of hydrogen-bond donors (Lipinski definition) is 1. The highest BCUT2D eigenvalue weighted by atomic mass is 35.5. The molecular weight excluding hydrogens is 424 g/mol. The lowest BCUT2D eigenvalue weighted by Gasteiger charge is -2.34. The van der Waals surface area contributed by atoms with E-state index in [4.69, 9.17) is 11.6 Å². The molecule has 156 valence electrons. The Hall–Kier alpha value is -2.23. The predicted octanol–water partition coefficient (Wildman–Crippen LogP) is 3.40. The number of nitrogens with one attached hydrogen (secondary N) is 1. The number of hydrogen-bond acceptors (Lipinski definition) is 3. The number of amides is 2. The summed E-state index contributed by atoms with van der Waals surface area (Å²) in [4.78, 5) is 13.3. The summed E-state index contributed by atoms with van der Waals surface area (Å²) < 4.78 is 53.6. The molecule has 29 heavy (non-hydrogen) atoms. The van der Waals surface area contributed by atoms with Crippen LogP contribution >= 0.6 is 11.6 Å². The molecule has 1 aliphatic rings. The average molecular weight is 444 g/mol. The third kappa shape index (κ3) is 4.68. The molecule has 1 atom stereocenters. The van der Waals surface area contributed by atoms with Crippen molar-refractivity contribution in [3.63, 3.8) is 0 Å². The van der Waals surface area contributed by atoms with Gasteiger partial charge in [-0.15, -0.1) is 0 Å². The fraction of sp³-hybridized carbons (Fsp3) is 0.316. The second-order valence-electron chi connectivity index (χ2n) is 6.66. The van der Waals surface area contributed by atoms with Gasteiger partial charge in [-0.05, 0) is 36.8 Å². The van der Waals surface area contributed by atoms with Gasteiger partial charge >= 0.3 is 6.03 Å². The molecule has 6 nitrogen and oxygen atoms in total. The molecule has 1 N–H and O–H groups in total. The van der Waals surface area contributed by atoms with E-state index in [2.05, 4.69) is 5.32 Å². The standard InChI is InChI=1S/C19H20ClF2N3O3S/c1-13(15-4-2-3-5-16(15)20)23-19(26)24-8-10-25(11-9-24)29(27,28)18-12-14(21)6-7-17(18)22/h2-7,12-13H,8-11H2,1H3,(H,23,26). The number of carbonyl (C=O) groups excluding carboxylic acids is 1. The van der Waals surface area contributed by atoms with Crippen LogP contribution in [0.2, 0.25) is 5.02 Å². The van der Waals surface area contributed by atoms with Crippen LogP contribution in [0.3, 0.4) is 0 Å². The van der Waals surface area contributed by atoms with E-state index in [-0.39, 0.29) is 38.3 Å². The molecule has 1 unspecified atom stereocenters. The predicted molar refractivity (Wildman–Crippen MR) is 105 cm³/mol. The highest BCUT2D eigenvalue weighted by molar-refractivity contribution is 7.89. The summed E-state index contributed by atoms with van der Waals surface area (Å²) in [6.07, 6.45) is 0. The van der Waals surface area contributed by atoms with E-state index in [0.29, 0.717) is 11.1 Å². The van der Waals surface area contributed by atoms with Crippen LogP contribution in [0.1, 0.15) is 18.5 Å². The number of rotatable bonds is 4. The van der Waals surface area contributed by atoms with Gasteiger partial charge in [-0.3, -0.25) is 0 Å². The molecule has 0 saturated carbocycles. The first-order chi connectivity index (χ1) is 13.7. The van der Waals surface area contributed by atoms with Crippen LogP contribution in [-0.4, -0.2) is 49.8 Å². The lowest BCUT2D eigenvalue weighted by molar-refractivity contribution is 0.169. The second kappa shape index (κ2) is 8.64. The van der Waals surface area contributed by atoms with Gasteiger partial charge in [-0.2, -0.15) is 4.31 Å². The molecule has 2 aromatic carbocycles. The molecule has 0 bridgehead atoms. The number of nitrogens with zero attached hydrogens (tertiary/aromatic N) is 2. The third-order valence-corrected chi connectivity index (χ3v) is 7.01. The van der Waals surface area contributed by atoms with Gasteiger partial charge in [-0.1, -0.05) is 29.8 Å². The molecule has 3 rings (SSSR count). The number of urea groups is 1. The minimum absolute atomic E-state index is 0.0216. The number of benzene rings is 2. The Kier molecular flexibility index (Phi) is 6.40. The average Bonchev–Trinajstić information content (AvgIpc) is 2.70. The molecule has 2 amide bonds. The van der Waals surface area contributed by atoms with Gasteiger partial charge in [0.2, 0.25) is 10.0 Å². The number of piperazine rings is 1. The zero-order valence-electron chi connectivity index (χ0n) is 15.6. The highest BCUT2D eigenvalue weighted by Gasteiger charge is 2.32. The van der Waals surface area contributed by atoms with Crippen molar-refractivity contribution in [1.82, 2.24) is 14.5 Å². The van der Waals surface area contributed by atoms with Crippen LogP contribution in [0.15, 0.2) is 47.4 Å². The number of carbonyl (C=O) groups is 1. The van der Waals surface area contributed by atoms with E-state index < -0.39 is 26.6 Å². The first kappa shape index (κ1) is 21.5. The minimum atomic E-state index is -4.19. The Bertz CT molecular complexity index is 1010. The molecule has 0 radical (unpaired) electrons. The molecule has 1 saturated heterocycles. The molecule has 10 heteroatoms. The Balaban J connectivity index is 1.63. The number of halogens is 3. The van der Waals surface area contributed by atoms with Gasteiger partial charge in [0.15, 0.2) is 0 Å².